The van der Waals surface area contributed by atoms with Crippen molar-refractivity contribution in [3.05, 3.63) is 70.5 Å². The molecule has 160 valence electrons. The first-order chi connectivity index (χ1) is 14.6. The molecule has 0 saturated carbocycles. The SMILES string of the molecule is CCC(NC(=O)C1CCN(Cc2ccc(F)cc2)CC1)c1ccc2c(c1)CCCC2. The van der Waals surface area contributed by atoms with Gasteiger partial charge in [-0.05, 0) is 92.4 Å². The summed E-state index contributed by atoms with van der Waals surface area (Å²) in [4.78, 5) is 15.3. The smallest absolute Gasteiger partial charge is 0.223 e. The van der Waals surface area contributed by atoms with Gasteiger partial charge < -0.3 is 5.32 Å². The van der Waals surface area contributed by atoms with Gasteiger partial charge in [0.05, 0.1) is 6.04 Å². The van der Waals surface area contributed by atoms with Crippen LogP contribution in [0.25, 0.3) is 0 Å². The van der Waals surface area contributed by atoms with Crippen molar-refractivity contribution in [2.75, 3.05) is 13.1 Å². The van der Waals surface area contributed by atoms with E-state index in [1.165, 1.54) is 54.5 Å². The summed E-state index contributed by atoms with van der Waals surface area (Å²) in [6.07, 6.45) is 7.60. The second kappa shape index (κ2) is 9.74. The minimum Gasteiger partial charge on any atom is -0.349 e. The van der Waals surface area contributed by atoms with E-state index >= 15 is 0 Å². The van der Waals surface area contributed by atoms with E-state index in [1.807, 2.05) is 12.1 Å². The average molecular weight is 409 g/mol. The van der Waals surface area contributed by atoms with Gasteiger partial charge in [0.1, 0.15) is 5.82 Å². The molecule has 0 aromatic heterocycles. The minimum atomic E-state index is -0.196. The molecule has 0 bridgehead atoms. The Morgan fingerprint density at radius 2 is 1.77 bits per heavy atom. The Morgan fingerprint density at radius 1 is 1.07 bits per heavy atom. The Kier molecular flexibility index (Phi) is 6.83. The Labute approximate surface area is 179 Å². The predicted molar refractivity (Wildman–Crippen MR) is 119 cm³/mol. The molecular formula is C26H33FN2O. The maximum atomic E-state index is 13.1. The first kappa shape index (κ1) is 21.0. The van der Waals surface area contributed by atoms with Gasteiger partial charge in [-0.25, -0.2) is 4.39 Å². The van der Waals surface area contributed by atoms with E-state index in [2.05, 4.69) is 35.3 Å². The molecule has 2 aromatic rings. The number of nitrogens with zero attached hydrogens (tertiary/aromatic N) is 1. The van der Waals surface area contributed by atoms with Crippen molar-refractivity contribution in [1.82, 2.24) is 10.2 Å². The van der Waals surface area contributed by atoms with Gasteiger partial charge in [-0.1, -0.05) is 37.3 Å². The molecule has 0 spiro atoms. The molecule has 3 nitrogen and oxygen atoms in total. The normalized spacial score (nSPS) is 18.6. The number of hydrogen-bond donors (Lipinski definition) is 1. The molecule has 4 rings (SSSR count). The second-order valence-electron chi connectivity index (χ2n) is 8.88. The van der Waals surface area contributed by atoms with Crippen LogP contribution in [0.4, 0.5) is 4.39 Å². The number of rotatable bonds is 6. The van der Waals surface area contributed by atoms with Crippen LogP contribution >= 0.6 is 0 Å². The number of nitrogens with one attached hydrogen (secondary N) is 1. The Hall–Kier alpha value is -2.20. The summed E-state index contributed by atoms with van der Waals surface area (Å²) in [7, 11) is 0. The fraction of sp³-hybridized carbons (Fsp3) is 0.500. The highest BCUT2D eigenvalue weighted by Crippen LogP contribution is 2.27. The van der Waals surface area contributed by atoms with E-state index in [0.29, 0.717) is 0 Å². The number of carbonyl (C=O) groups excluding carboxylic acids is 1. The highest BCUT2D eigenvalue weighted by atomic mass is 19.1. The van der Waals surface area contributed by atoms with Crippen LogP contribution in [0.3, 0.4) is 0 Å². The molecule has 1 saturated heterocycles. The minimum absolute atomic E-state index is 0.0844. The molecule has 2 aliphatic rings. The van der Waals surface area contributed by atoms with Crippen LogP contribution in [-0.2, 0) is 24.2 Å². The van der Waals surface area contributed by atoms with Crippen molar-refractivity contribution in [1.29, 1.82) is 0 Å². The van der Waals surface area contributed by atoms with Gasteiger partial charge in [0.25, 0.3) is 0 Å². The molecule has 1 amide bonds. The third-order valence-corrected chi connectivity index (χ3v) is 6.78. The van der Waals surface area contributed by atoms with E-state index < -0.39 is 0 Å². The van der Waals surface area contributed by atoms with E-state index in [-0.39, 0.29) is 23.7 Å². The van der Waals surface area contributed by atoms with Crippen molar-refractivity contribution in [2.24, 2.45) is 5.92 Å². The molecule has 2 aromatic carbocycles. The summed E-state index contributed by atoms with van der Waals surface area (Å²) in [6.45, 7) is 4.78. The molecule has 1 N–H and O–H groups in total. The Balaban J connectivity index is 1.30. The lowest BCUT2D eigenvalue weighted by atomic mass is 9.88. The number of likely N-dealkylation sites (tertiary alicyclic amines) is 1. The summed E-state index contributed by atoms with van der Waals surface area (Å²) in [5.74, 6) is 0.0840. The average Bonchev–Trinajstić information content (AvgIpc) is 2.79. The first-order valence-electron chi connectivity index (χ1n) is 11.5. The number of fused-ring (bicyclic) bond motifs is 1. The molecule has 4 heteroatoms. The van der Waals surface area contributed by atoms with Crippen LogP contribution in [0.1, 0.15) is 67.3 Å². The monoisotopic (exact) mass is 408 g/mol. The van der Waals surface area contributed by atoms with Crippen molar-refractivity contribution < 1.29 is 9.18 Å². The summed E-state index contributed by atoms with van der Waals surface area (Å²) in [6, 6.07) is 13.6. The molecule has 0 radical (unpaired) electrons. The lowest BCUT2D eigenvalue weighted by molar-refractivity contribution is -0.127. The molecule has 1 aliphatic carbocycles. The highest BCUT2D eigenvalue weighted by Gasteiger charge is 2.27. The van der Waals surface area contributed by atoms with Gasteiger partial charge in [0.2, 0.25) is 5.91 Å². The molecule has 30 heavy (non-hydrogen) atoms. The highest BCUT2D eigenvalue weighted by molar-refractivity contribution is 5.79. The van der Waals surface area contributed by atoms with Crippen LogP contribution in [0, 0.1) is 11.7 Å². The predicted octanol–water partition coefficient (Wildman–Crippen LogP) is 5.18. The van der Waals surface area contributed by atoms with Crippen LogP contribution < -0.4 is 5.32 Å². The zero-order valence-corrected chi connectivity index (χ0v) is 18.0. The zero-order valence-electron chi connectivity index (χ0n) is 18.0. The number of piperidine rings is 1. The van der Waals surface area contributed by atoms with Crippen LogP contribution in [0.15, 0.2) is 42.5 Å². The number of aryl methyl sites for hydroxylation is 2. The molecular weight excluding hydrogens is 375 g/mol. The molecule has 1 atom stereocenters. The van der Waals surface area contributed by atoms with Gasteiger partial charge in [-0.3, -0.25) is 9.69 Å². The summed E-state index contributed by atoms with van der Waals surface area (Å²) in [5, 5.41) is 3.33. The maximum absolute atomic E-state index is 13.1. The lowest BCUT2D eigenvalue weighted by Crippen LogP contribution is -2.41. The third-order valence-electron chi connectivity index (χ3n) is 6.78. The van der Waals surface area contributed by atoms with E-state index in [9.17, 15) is 9.18 Å². The summed E-state index contributed by atoms with van der Waals surface area (Å²) in [5.41, 5.74) is 5.33. The molecule has 1 aliphatic heterocycles. The van der Waals surface area contributed by atoms with Crippen LogP contribution in [-0.4, -0.2) is 23.9 Å². The third kappa shape index (κ3) is 5.10. The van der Waals surface area contributed by atoms with Crippen LogP contribution in [0.2, 0.25) is 0 Å². The Morgan fingerprint density at radius 3 is 2.47 bits per heavy atom. The summed E-state index contributed by atoms with van der Waals surface area (Å²) < 4.78 is 13.1. The number of halogens is 1. The van der Waals surface area contributed by atoms with Crippen molar-refractivity contribution >= 4 is 5.91 Å². The molecule has 1 fully saturated rings. The molecule has 1 heterocycles. The maximum Gasteiger partial charge on any atom is 0.223 e. The number of benzene rings is 2. The largest absolute Gasteiger partial charge is 0.349 e. The lowest BCUT2D eigenvalue weighted by Gasteiger charge is -2.32. The standard InChI is InChI=1S/C26H33FN2O/c1-2-25(23-10-9-20-5-3-4-6-22(20)17-23)28-26(30)21-13-15-29(16-14-21)18-19-7-11-24(27)12-8-19/h7-12,17,21,25H,2-6,13-16,18H2,1H3,(H,28,30). The number of amides is 1. The van der Waals surface area contributed by atoms with Crippen molar-refractivity contribution in [2.45, 2.75) is 64.5 Å². The van der Waals surface area contributed by atoms with E-state index in [1.54, 1.807) is 0 Å². The Bertz CT molecular complexity index is 856. The van der Waals surface area contributed by atoms with Gasteiger partial charge in [0.15, 0.2) is 0 Å². The van der Waals surface area contributed by atoms with Gasteiger partial charge in [0, 0.05) is 12.5 Å². The van der Waals surface area contributed by atoms with E-state index in [4.69, 9.17) is 0 Å². The van der Waals surface area contributed by atoms with E-state index in [0.717, 1.165) is 44.5 Å². The zero-order chi connectivity index (χ0) is 20.9. The van der Waals surface area contributed by atoms with Gasteiger partial charge in [-0.15, -0.1) is 0 Å². The van der Waals surface area contributed by atoms with Crippen molar-refractivity contribution in [3.8, 4) is 0 Å². The quantitative estimate of drug-likeness (QED) is 0.714. The topological polar surface area (TPSA) is 32.3 Å². The van der Waals surface area contributed by atoms with Gasteiger partial charge in [-0.2, -0.15) is 0 Å². The fourth-order valence-electron chi connectivity index (χ4n) is 4.88. The summed E-state index contributed by atoms with van der Waals surface area (Å²) >= 11 is 0. The number of carbonyl (C=O) groups is 1. The van der Waals surface area contributed by atoms with Crippen molar-refractivity contribution in [3.63, 3.8) is 0 Å². The number of hydrogen-bond acceptors (Lipinski definition) is 2. The second-order valence-corrected chi connectivity index (χ2v) is 8.88. The molecule has 1 unspecified atom stereocenters. The van der Waals surface area contributed by atoms with Crippen LogP contribution in [0.5, 0.6) is 0 Å². The first-order valence-corrected chi connectivity index (χ1v) is 11.5. The van der Waals surface area contributed by atoms with Gasteiger partial charge >= 0.3 is 0 Å². The fourth-order valence-corrected chi connectivity index (χ4v) is 4.88.